The quantitative estimate of drug-likeness (QED) is 0.781. The monoisotopic (exact) mass is 225 g/mol. The Morgan fingerprint density at radius 1 is 1.31 bits per heavy atom. The molecule has 0 aromatic carbocycles. The molecule has 2 rings (SSSR count). The molecule has 1 aliphatic heterocycles. The molecule has 1 heterocycles. The Morgan fingerprint density at radius 3 is 2.56 bits per heavy atom. The Bertz CT molecular complexity index is 231. The molecule has 4 atom stereocenters. The molecule has 0 amide bonds. The van der Waals surface area contributed by atoms with Crippen molar-refractivity contribution >= 4 is 0 Å². The fourth-order valence-electron chi connectivity index (χ4n) is 3.99. The minimum Gasteiger partial charge on any atom is -0.388 e. The van der Waals surface area contributed by atoms with Crippen molar-refractivity contribution in [2.45, 2.75) is 64.0 Å². The second-order valence-corrected chi connectivity index (χ2v) is 6.13. The van der Waals surface area contributed by atoms with E-state index < -0.39 is 5.60 Å². The van der Waals surface area contributed by atoms with E-state index in [1.807, 2.05) is 0 Å². The molecule has 0 radical (unpaired) electrons. The van der Waals surface area contributed by atoms with E-state index in [1.54, 1.807) is 0 Å². The van der Waals surface area contributed by atoms with Gasteiger partial charge in [0.15, 0.2) is 0 Å². The highest BCUT2D eigenvalue weighted by Gasteiger charge is 2.47. The largest absolute Gasteiger partial charge is 0.388 e. The molecule has 94 valence electrons. The summed E-state index contributed by atoms with van der Waals surface area (Å²) >= 11 is 0. The van der Waals surface area contributed by atoms with Gasteiger partial charge >= 0.3 is 0 Å². The predicted molar refractivity (Wildman–Crippen MR) is 67.4 cm³/mol. The van der Waals surface area contributed by atoms with E-state index >= 15 is 0 Å². The number of hydrogen-bond donors (Lipinski definition) is 1. The molecule has 1 saturated carbocycles. The number of hydrogen-bond acceptors (Lipinski definition) is 2. The molecule has 0 bridgehead atoms. The lowest BCUT2D eigenvalue weighted by Crippen LogP contribution is -2.45. The van der Waals surface area contributed by atoms with Gasteiger partial charge in [-0.15, -0.1) is 0 Å². The summed E-state index contributed by atoms with van der Waals surface area (Å²) < 4.78 is 0. The van der Waals surface area contributed by atoms with Crippen molar-refractivity contribution in [1.29, 1.82) is 0 Å². The van der Waals surface area contributed by atoms with E-state index in [0.717, 1.165) is 18.9 Å². The minimum absolute atomic E-state index is 0.394. The zero-order chi connectivity index (χ0) is 11.8. The third kappa shape index (κ3) is 2.14. The highest BCUT2D eigenvalue weighted by molar-refractivity contribution is 5.00. The van der Waals surface area contributed by atoms with Gasteiger partial charge in [0.2, 0.25) is 0 Å². The van der Waals surface area contributed by atoms with E-state index in [1.165, 1.54) is 32.1 Å². The lowest BCUT2D eigenvalue weighted by atomic mass is 9.68. The van der Waals surface area contributed by atoms with E-state index in [9.17, 15) is 5.11 Å². The number of likely N-dealkylation sites (N-methyl/N-ethyl adjacent to an activating group) is 1. The van der Waals surface area contributed by atoms with Gasteiger partial charge in [0, 0.05) is 12.6 Å². The molecule has 2 aliphatic rings. The summed E-state index contributed by atoms with van der Waals surface area (Å²) in [6, 6.07) is 0.546. The molecule has 1 N–H and O–H groups in total. The van der Waals surface area contributed by atoms with Gasteiger partial charge in [-0.2, -0.15) is 0 Å². The van der Waals surface area contributed by atoms with Gasteiger partial charge < -0.3 is 10.0 Å². The molecule has 0 aromatic heterocycles. The van der Waals surface area contributed by atoms with Crippen LogP contribution in [-0.4, -0.2) is 35.2 Å². The van der Waals surface area contributed by atoms with Crippen LogP contribution < -0.4 is 0 Å². The zero-order valence-corrected chi connectivity index (χ0v) is 11.1. The van der Waals surface area contributed by atoms with Crippen molar-refractivity contribution in [3.8, 4) is 0 Å². The van der Waals surface area contributed by atoms with Crippen LogP contribution in [0.3, 0.4) is 0 Å². The number of likely N-dealkylation sites (tertiary alicyclic amines) is 1. The van der Waals surface area contributed by atoms with Crippen LogP contribution in [-0.2, 0) is 0 Å². The normalized spacial score (nSPS) is 46.1. The predicted octanol–water partition coefficient (Wildman–Crippen LogP) is 2.66. The summed E-state index contributed by atoms with van der Waals surface area (Å²) in [6.45, 7) is 5.41. The maximum absolute atomic E-state index is 10.9. The van der Waals surface area contributed by atoms with Crippen molar-refractivity contribution in [1.82, 2.24) is 4.90 Å². The lowest BCUT2D eigenvalue weighted by Gasteiger charge is -2.41. The summed E-state index contributed by atoms with van der Waals surface area (Å²) in [5.41, 5.74) is -0.394. The van der Waals surface area contributed by atoms with Gasteiger partial charge in [0.05, 0.1) is 5.60 Å². The number of aliphatic hydroxyl groups is 1. The average Bonchev–Trinajstić information content (AvgIpc) is 2.54. The van der Waals surface area contributed by atoms with Crippen molar-refractivity contribution in [2.75, 3.05) is 13.6 Å². The Labute approximate surface area is 100 Å². The number of nitrogens with zero attached hydrogens (tertiary/aromatic N) is 1. The molecule has 1 aliphatic carbocycles. The van der Waals surface area contributed by atoms with Crippen LogP contribution in [0.4, 0.5) is 0 Å². The standard InChI is InChI=1S/C14H27NO/c1-4-12-7-5-6-8-13(12)14(16)9-11(2)15(3)10-14/h11-13,16H,4-10H2,1-3H3. The van der Waals surface area contributed by atoms with E-state index in [4.69, 9.17) is 0 Å². The van der Waals surface area contributed by atoms with Crippen LogP contribution in [0, 0.1) is 11.8 Å². The van der Waals surface area contributed by atoms with Gasteiger partial charge in [-0.1, -0.05) is 32.6 Å². The highest BCUT2D eigenvalue weighted by atomic mass is 16.3. The third-order valence-corrected chi connectivity index (χ3v) is 5.05. The van der Waals surface area contributed by atoms with Gasteiger partial charge in [-0.05, 0) is 38.6 Å². The van der Waals surface area contributed by atoms with Crippen LogP contribution >= 0.6 is 0 Å². The first kappa shape index (κ1) is 12.4. The zero-order valence-electron chi connectivity index (χ0n) is 11.1. The SMILES string of the molecule is CCC1CCCCC1C1(O)CC(C)N(C)C1. The molecule has 2 nitrogen and oxygen atoms in total. The van der Waals surface area contributed by atoms with Crippen molar-refractivity contribution in [3.63, 3.8) is 0 Å². The summed E-state index contributed by atoms with van der Waals surface area (Å²) in [5.74, 6) is 1.32. The Kier molecular flexibility index (Phi) is 3.60. The minimum atomic E-state index is -0.394. The fourth-order valence-corrected chi connectivity index (χ4v) is 3.99. The Morgan fingerprint density at radius 2 is 2.00 bits per heavy atom. The third-order valence-electron chi connectivity index (χ3n) is 5.05. The van der Waals surface area contributed by atoms with Crippen molar-refractivity contribution in [2.24, 2.45) is 11.8 Å². The fraction of sp³-hybridized carbons (Fsp3) is 1.00. The molecule has 1 saturated heterocycles. The molecular formula is C14H27NO. The molecule has 0 aromatic rings. The van der Waals surface area contributed by atoms with Gasteiger partial charge in [0.1, 0.15) is 0 Å². The van der Waals surface area contributed by atoms with Crippen LogP contribution in [0.2, 0.25) is 0 Å². The molecular weight excluding hydrogens is 198 g/mol. The van der Waals surface area contributed by atoms with Crippen molar-refractivity contribution < 1.29 is 5.11 Å². The lowest BCUT2D eigenvalue weighted by molar-refractivity contribution is -0.0484. The smallest absolute Gasteiger partial charge is 0.0819 e. The van der Waals surface area contributed by atoms with Crippen LogP contribution in [0.1, 0.15) is 52.4 Å². The molecule has 2 heteroatoms. The second kappa shape index (κ2) is 4.66. The Hall–Kier alpha value is -0.0800. The number of β-amino-alcohol motifs (C(OH)–C–C–N with tert-alkyl or cyclic N) is 1. The summed E-state index contributed by atoms with van der Waals surface area (Å²) in [7, 11) is 2.15. The molecule has 2 fully saturated rings. The van der Waals surface area contributed by atoms with Crippen LogP contribution in [0.25, 0.3) is 0 Å². The van der Waals surface area contributed by atoms with Crippen LogP contribution in [0.5, 0.6) is 0 Å². The molecule has 4 unspecified atom stereocenters. The van der Waals surface area contributed by atoms with E-state index in [-0.39, 0.29) is 0 Å². The first-order chi connectivity index (χ1) is 7.57. The highest BCUT2D eigenvalue weighted by Crippen LogP contribution is 2.44. The second-order valence-electron chi connectivity index (χ2n) is 6.13. The molecule has 16 heavy (non-hydrogen) atoms. The van der Waals surface area contributed by atoms with Crippen LogP contribution in [0.15, 0.2) is 0 Å². The van der Waals surface area contributed by atoms with Crippen molar-refractivity contribution in [3.05, 3.63) is 0 Å². The van der Waals surface area contributed by atoms with Gasteiger partial charge in [-0.3, -0.25) is 0 Å². The first-order valence-electron chi connectivity index (χ1n) is 6.99. The average molecular weight is 225 g/mol. The summed E-state index contributed by atoms with van der Waals surface area (Å²) in [5, 5.41) is 10.9. The van der Waals surface area contributed by atoms with Gasteiger partial charge in [-0.25, -0.2) is 0 Å². The maximum atomic E-state index is 10.9. The molecule has 0 spiro atoms. The summed E-state index contributed by atoms with van der Waals surface area (Å²) in [6.07, 6.45) is 7.49. The van der Waals surface area contributed by atoms with E-state index in [0.29, 0.717) is 12.0 Å². The summed E-state index contributed by atoms with van der Waals surface area (Å²) in [4.78, 5) is 2.32. The maximum Gasteiger partial charge on any atom is 0.0819 e. The first-order valence-corrected chi connectivity index (χ1v) is 6.99. The number of rotatable bonds is 2. The Balaban J connectivity index is 2.10. The van der Waals surface area contributed by atoms with E-state index in [2.05, 4.69) is 25.8 Å². The topological polar surface area (TPSA) is 23.5 Å². The van der Waals surface area contributed by atoms with Gasteiger partial charge in [0.25, 0.3) is 0 Å².